The normalized spacial score (nSPS) is 12.7. The molecule has 0 fully saturated rings. The Balaban J connectivity index is 2.25. The summed E-state index contributed by atoms with van der Waals surface area (Å²) in [5, 5.41) is 3.54. The van der Waals surface area contributed by atoms with Crippen molar-refractivity contribution in [3.63, 3.8) is 0 Å². The van der Waals surface area contributed by atoms with Crippen LogP contribution in [-0.2, 0) is 0 Å². The minimum absolute atomic E-state index is 0.536. The van der Waals surface area contributed by atoms with Gasteiger partial charge in [-0.15, -0.1) is 0 Å². The molecular formula is C17H29NO. The molecule has 0 aliphatic carbocycles. The maximum absolute atomic E-state index is 5.42. The van der Waals surface area contributed by atoms with E-state index in [9.17, 15) is 0 Å². The summed E-state index contributed by atoms with van der Waals surface area (Å²) in [5.41, 5.74) is 1.31. The number of hydrogen-bond donors (Lipinski definition) is 1. The minimum Gasteiger partial charge on any atom is -0.496 e. The summed E-state index contributed by atoms with van der Waals surface area (Å²) in [7, 11) is 1.75. The quantitative estimate of drug-likeness (QED) is 0.674. The molecule has 1 atom stereocenters. The van der Waals surface area contributed by atoms with Gasteiger partial charge in [-0.2, -0.15) is 0 Å². The predicted molar refractivity (Wildman–Crippen MR) is 83.0 cm³/mol. The Labute approximate surface area is 118 Å². The van der Waals surface area contributed by atoms with E-state index in [-0.39, 0.29) is 0 Å². The summed E-state index contributed by atoms with van der Waals surface area (Å²) < 4.78 is 5.42. The van der Waals surface area contributed by atoms with Crippen molar-refractivity contribution in [2.45, 2.75) is 46.0 Å². The lowest BCUT2D eigenvalue weighted by atomic mass is 9.97. The van der Waals surface area contributed by atoms with E-state index in [1.165, 1.54) is 18.4 Å². The standard InChI is InChI=1S/C17H29NO/c1-14(2)8-7-12-18-13-11-15(3)16-9-5-6-10-17(16)19-4/h5-6,9-10,14-15,18H,7-8,11-13H2,1-4H3. The van der Waals surface area contributed by atoms with E-state index in [0.717, 1.165) is 31.2 Å². The molecule has 0 heterocycles. The highest BCUT2D eigenvalue weighted by Crippen LogP contribution is 2.27. The average molecular weight is 263 g/mol. The third kappa shape index (κ3) is 6.11. The van der Waals surface area contributed by atoms with Crippen LogP contribution in [0, 0.1) is 5.92 Å². The second-order valence-electron chi connectivity index (χ2n) is 5.72. The molecule has 0 aliphatic rings. The first kappa shape index (κ1) is 16.0. The third-order valence-electron chi connectivity index (χ3n) is 3.56. The van der Waals surface area contributed by atoms with Gasteiger partial charge >= 0.3 is 0 Å². The number of methoxy groups -OCH3 is 1. The van der Waals surface area contributed by atoms with Gasteiger partial charge in [-0.1, -0.05) is 39.0 Å². The van der Waals surface area contributed by atoms with Crippen molar-refractivity contribution in [2.75, 3.05) is 20.2 Å². The Kier molecular flexibility index (Phi) is 7.57. The van der Waals surface area contributed by atoms with Crippen LogP contribution in [-0.4, -0.2) is 20.2 Å². The van der Waals surface area contributed by atoms with E-state index in [1.54, 1.807) is 7.11 Å². The van der Waals surface area contributed by atoms with Crippen molar-refractivity contribution in [3.8, 4) is 5.75 Å². The fourth-order valence-electron chi connectivity index (χ4n) is 2.31. The minimum atomic E-state index is 0.536. The molecule has 0 saturated carbocycles. The molecule has 0 spiro atoms. The predicted octanol–water partition coefficient (Wildman–Crippen LogP) is 4.21. The number of nitrogens with one attached hydrogen (secondary N) is 1. The van der Waals surface area contributed by atoms with Crippen LogP contribution in [0.4, 0.5) is 0 Å². The molecule has 0 radical (unpaired) electrons. The van der Waals surface area contributed by atoms with Crippen molar-refractivity contribution < 1.29 is 4.74 Å². The summed E-state index contributed by atoms with van der Waals surface area (Å²) >= 11 is 0. The first-order valence-electron chi connectivity index (χ1n) is 7.48. The van der Waals surface area contributed by atoms with Gasteiger partial charge in [-0.3, -0.25) is 0 Å². The second-order valence-corrected chi connectivity index (χ2v) is 5.72. The average Bonchev–Trinajstić information content (AvgIpc) is 2.42. The van der Waals surface area contributed by atoms with Crippen LogP contribution < -0.4 is 10.1 Å². The van der Waals surface area contributed by atoms with E-state index in [1.807, 2.05) is 12.1 Å². The lowest BCUT2D eigenvalue weighted by Gasteiger charge is -2.16. The molecule has 0 aromatic heterocycles. The van der Waals surface area contributed by atoms with Crippen LogP contribution in [0.1, 0.15) is 51.5 Å². The Morgan fingerprint density at radius 1 is 1.05 bits per heavy atom. The highest BCUT2D eigenvalue weighted by Gasteiger charge is 2.10. The van der Waals surface area contributed by atoms with Crippen LogP contribution in [0.3, 0.4) is 0 Å². The van der Waals surface area contributed by atoms with Crippen LogP contribution >= 0.6 is 0 Å². The van der Waals surface area contributed by atoms with Gasteiger partial charge in [0.25, 0.3) is 0 Å². The summed E-state index contributed by atoms with van der Waals surface area (Å²) in [6.07, 6.45) is 3.75. The van der Waals surface area contributed by atoms with Crippen molar-refractivity contribution in [1.82, 2.24) is 5.32 Å². The molecular weight excluding hydrogens is 234 g/mol. The first-order valence-corrected chi connectivity index (χ1v) is 7.48. The van der Waals surface area contributed by atoms with Crippen LogP contribution in [0.2, 0.25) is 0 Å². The number of para-hydroxylation sites is 1. The molecule has 19 heavy (non-hydrogen) atoms. The van der Waals surface area contributed by atoms with Gasteiger partial charge in [0.15, 0.2) is 0 Å². The Bertz CT molecular complexity index is 349. The molecule has 108 valence electrons. The summed E-state index contributed by atoms with van der Waals surface area (Å²) in [6, 6.07) is 8.33. The van der Waals surface area contributed by atoms with E-state index < -0.39 is 0 Å². The SMILES string of the molecule is COc1ccccc1C(C)CCNCCCC(C)C. The van der Waals surface area contributed by atoms with Gasteiger partial charge in [0.05, 0.1) is 7.11 Å². The summed E-state index contributed by atoms with van der Waals surface area (Å²) in [6.45, 7) is 9.05. The van der Waals surface area contributed by atoms with Crippen molar-refractivity contribution in [2.24, 2.45) is 5.92 Å². The van der Waals surface area contributed by atoms with Crippen LogP contribution in [0.5, 0.6) is 5.75 Å². The molecule has 2 nitrogen and oxygen atoms in total. The molecule has 1 rings (SSSR count). The molecule has 0 amide bonds. The van der Waals surface area contributed by atoms with Crippen LogP contribution in [0.15, 0.2) is 24.3 Å². The van der Waals surface area contributed by atoms with Gasteiger partial charge in [-0.25, -0.2) is 0 Å². The maximum atomic E-state index is 5.42. The van der Waals surface area contributed by atoms with E-state index in [0.29, 0.717) is 5.92 Å². The lowest BCUT2D eigenvalue weighted by Crippen LogP contribution is -2.18. The number of ether oxygens (including phenoxy) is 1. The van der Waals surface area contributed by atoms with Gasteiger partial charge in [0.1, 0.15) is 5.75 Å². The van der Waals surface area contributed by atoms with E-state index >= 15 is 0 Å². The fourth-order valence-corrected chi connectivity index (χ4v) is 2.31. The van der Waals surface area contributed by atoms with E-state index in [4.69, 9.17) is 4.74 Å². The molecule has 1 aromatic rings. The smallest absolute Gasteiger partial charge is 0.122 e. The second kappa shape index (κ2) is 8.98. The first-order chi connectivity index (χ1) is 9.15. The van der Waals surface area contributed by atoms with Crippen LogP contribution in [0.25, 0.3) is 0 Å². The lowest BCUT2D eigenvalue weighted by molar-refractivity contribution is 0.404. The third-order valence-corrected chi connectivity index (χ3v) is 3.56. The molecule has 1 aromatic carbocycles. The van der Waals surface area contributed by atoms with E-state index in [2.05, 4.69) is 38.2 Å². The maximum Gasteiger partial charge on any atom is 0.122 e. The zero-order valence-electron chi connectivity index (χ0n) is 12.9. The summed E-state index contributed by atoms with van der Waals surface area (Å²) in [4.78, 5) is 0. The van der Waals surface area contributed by atoms with Gasteiger partial charge in [-0.05, 0) is 55.8 Å². The van der Waals surface area contributed by atoms with Crippen molar-refractivity contribution >= 4 is 0 Å². The topological polar surface area (TPSA) is 21.3 Å². The number of benzene rings is 1. The molecule has 0 saturated heterocycles. The summed E-state index contributed by atoms with van der Waals surface area (Å²) in [5.74, 6) is 2.36. The fraction of sp³-hybridized carbons (Fsp3) is 0.647. The van der Waals surface area contributed by atoms with Gasteiger partial charge in [0, 0.05) is 0 Å². The zero-order chi connectivity index (χ0) is 14.1. The number of rotatable bonds is 9. The molecule has 2 heteroatoms. The zero-order valence-corrected chi connectivity index (χ0v) is 12.9. The Morgan fingerprint density at radius 3 is 2.47 bits per heavy atom. The molecule has 1 N–H and O–H groups in total. The Morgan fingerprint density at radius 2 is 1.79 bits per heavy atom. The molecule has 0 aliphatic heterocycles. The number of hydrogen-bond acceptors (Lipinski definition) is 2. The monoisotopic (exact) mass is 263 g/mol. The highest BCUT2D eigenvalue weighted by atomic mass is 16.5. The molecule has 0 bridgehead atoms. The Hall–Kier alpha value is -1.02. The van der Waals surface area contributed by atoms with Gasteiger partial charge < -0.3 is 10.1 Å². The molecule has 1 unspecified atom stereocenters. The van der Waals surface area contributed by atoms with Crippen molar-refractivity contribution in [1.29, 1.82) is 0 Å². The largest absolute Gasteiger partial charge is 0.496 e. The van der Waals surface area contributed by atoms with Crippen molar-refractivity contribution in [3.05, 3.63) is 29.8 Å². The van der Waals surface area contributed by atoms with Gasteiger partial charge in [0.2, 0.25) is 0 Å². The highest BCUT2D eigenvalue weighted by molar-refractivity contribution is 5.35.